The van der Waals surface area contributed by atoms with Crippen molar-refractivity contribution < 1.29 is 13.2 Å². The van der Waals surface area contributed by atoms with Gasteiger partial charge in [-0.2, -0.15) is 23.5 Å². The minimum atomic E-state index is -4.45. The summed E-state index contributed by atoms with van der Waals surface area (Å²) in [5.74, 6) is 1.48. The minimum absolute atomic E-state index is 0.0490. The average molecular weight is 350 g/mol. The molecule has 1 aliphatic rings. The molecule has 2 aromatic rings. The maximum absolute atomic E-state index is 12.8. The molecule has 25 heavy (non-hydrogen) atoms. The Labute approximate surface area is 142 Å². The maximum atomic E-state index is 12.8. The molecule has 9 heteroatoms. The highest BCUT2D eigenvalue weighted by atomic mass is 19.4. The van der Waals surface area contributed by atoms with Gasteiger partial charge in [0.25, 0.3) is 0 Å². The van der Waals surface area contributed by atoms with Crippen LogP contribution in [0, 0.1) is 18.3 Å². The predicted octanol–water partition coefficient (Wildman–Crippen LogP) is 2.33. The summed E-state index contributed by atoms with van der Waals surface area (Å²) >= 11 is 0. The van der Waals surface area contributed by atoms with Crippen LogP contribution in [0.25, 0.3) is 0 Å². The zero-order chi connectivity index (χ0) is 18.0. The van der Waals surface area contributed by atoms with E-state index in [4.69, 9.17) is 0 Å². The van der Waals surface area contributed by atoms with Crippen molar-refractivity contribution in [3.05, 3.63) is 41.0 Å². The SMILES string of the molecule is Cc1nc(CN2CCN(c3ccc(C(F)(F)F)cc3C#N)CC2)n[nH]1. The zero-order valence-electron chi connectivity index (χ0n) is 13.6. The second-order valence-corrected chi connectivity index (χ2v) is 5.94. The molecule has 0 aliphatic carbocycles. The van der Waals surface area contributed by atoms with Crippen LogP contribution in [-0.2, 0) is 12.7 Å². The van der Waals surface area contributed by atoms with E-state index in [-0.39, 0.29) is 5.56 Å². The zero-order valence-corrected chi connectivity index (χ0v) is 13.6. The number of piperazine rings is 1. The molecule has 0 bridgehead atoms. The molecule has 0 saturated carbocycles. The van der Waals surface area contributed by atoms with Gasteiger partial charge < -0.3 is 4.90 Å². The topological polar surface area (TPSA) is 71.8 Å². The molecule has 3 rings (SSSR count). The van der Waals surface area contributed by atoms with Crippen molar-refractivity contribution >= 4 is 5.69 Å². The first-order valence-corrected chi connectivity index (χ1v) is 7.83. The summed E-state index contributed by atoms with van der Waals surface area (Å²) in [6.45, 7) is 5.16. The number of aromatic amines is 1. The summed E-state index contributed by atoms with van der Waals surface area (Å²) in [5.41, 5.74) is -0.205. The van der Waals surface area contributed by atoms with Gasteiger partial charge in [-0.05, 0) is 25.1 Å². The first-order valence-electron chi connectivity index (χ1n) is 7.83. The number of alkyl halides is 3. The third-order valence-corrected chi connectivity index (χ3v) is 4.17. The van der Waals surface area contributed by atoms with E-state index in [0.29, 0.717) is 25.3 Å². The van der Waals surface area contributed by atoms with E-state index in [0.717, 1.165) is 36.9 Å². The smallest absolute Gasteiger partial charge is 0.368 e. The molecule has 132 valence electrons. The molecule has 0 radical (unpaired) electrons. The minimum Gasteiger partial charge on any atom is -0.368 e. The number of benzene rings is 1. The third kappa shape index (κ3) is 3.91. The van der Waals surface area contributed by atoms with E-state index in [1.54, 1.807) is 0 Å². The number of nitrogens with one attached hydrogen (secondary N) is 1. The molecular formula is C16H17F3N6. The predicted molar refractivity (Wildman–Crippen MR) is 84.8 cm³/mol. The largest absolute Gasteiger partial charge is 0.416 e. The lowest BCUT2D eigenvalue weighted by molar-refractivity contribution is -0.137. The Morgan fingerprint density at radius 3 is 2.52 bits per heavy atom. The lowest BCUT2D eigenvalue weighted by Crippen LogP contribution is -2.46. The van der Waals surface area contributed by atoms with E-state index in [1.807, 2.05) is 17.9 Å². The lowest BCUT2D eigenvalue weighted by Gasteiger charge is -2.36. The van der Waals surface area contributed by atoms with Gasteiger partial charge in [0.05, 0.1) is 23.4 Å². The highest BCUT2D eigenvalue weighted by molar-refractivity contribution is 5.61. The second kappa shape index (κ2) is 6.72. The summed E-state index contributed by atoms with van der Waals surface area (Å²) in [4.78, 5) is 8.39. The molecule has 1 aromatic carbocycles. The fourth-order valence-corrected chi connectivity index (χ4v) is 2.88. The summed E-state index contributed by atoms with van der Waals surface area (Å²) in [7, 11) is 0. The fraction of sp³-hybridized carbons (Fsp3) is 0.438. The Morgan fingerprint density at radius 1 is 1.24 bits per heavy atom. The van der Waals surface area contributed by atoms with Gasteiger partial charge in [-0.3, -0.25) is 10.00 Å². The molecular weight excluding hydrogens is 333 g/mol. The number of aromatic nitrogens is 3. The molecule has 1 fully saturated rings. The van der Waals surface area contributed by atoms with Crippen molar-refractivity contribution in [3.63, 3.8) is 0 Å². The van der Waals surface area contributed by atoms with E-state index >= 15 is 0 Å². The molecule has 0 amide bonds. The van der Waals surface area contributed by atoms with E-state index < -0.39 is 11.7 Å². The fourth-order valence-electron chi connectivity index (χ4n) is 2.88. The van der Waals surface area contributed by atoms with E-state index in [2.05, 4.69) is 20.1 Å². The van der Waals surface area contributed by atoms with Gasteiger partial charge in [0.15, 0.2) is 5.82 Å². The number of hydrogen-bond acceptors (Lipinski definition) is 5. The summed E-state index contributed by atoms with van der Waals surface area (Å²) in [5, 5.41) is 16.1. The summed E-state index contributed by atoms with van der Waals surface area (Å²) in [6.07, 6.45) is -4.45. The molecule has 1 saturated heterocycles. The Bertz CT molecular complexity index is 784. The Morgan fingerprint density at radius 2 is 1.96 bits per heavy atom. The van der Waals surface area contributed by atoms with Crippen molar-refractivity contribution in [2.24, 2.45) is 0 Å². The Balaban J connectivity index is 1.67. The van der Waals surface area contributed by atoms with Crippen molar-refractivity contribution in [1.29, 1.82) is 5.26 Å². The first-order chi connectivity index (χ1) is 11.9. The summed E-state index contributed by atoms with van der Waals surface area (Å²) in [6, 6.07) is 5.21. The number of hydrogen-bond donors (Lipinski definition) is 1. The monoisotopic (exact) mass is 350 g/mol. The molecule has 6 nitrogen and oxygen atoms in total. The van der Waals surface area contributed by atoms with Crippen LogP contribution in [0.15, 0.2) is 18.2 Å². The average Bonchev–Trinajstić information content (AvgIpc) is 2.99. The number of halogens is 3. The molecule has 0 spiro atoms. The van der Waals surface area contributed by atoms with E-state index in [9.17, 15) is 18.4 Å². The molecule has 1 aliphatic heterocycles. The van der Waals surface area contributed by atoms with Crippen LogP contribution in [0.4, 0.5) is 18.9 Å². The molecule has 1 N–H and O–H groups in total. The van der Waals surface area contributed by atoms with Gasteiger partial charge >= 0.3 is 6.18 Å². The van der Waals surface area contributed by atoms with Gasteiger partial charge in [0, 0.05) is 26.2 Å². The van der Waals surface area contributed by atoms with Crippen LogP contribution < -0.4 is 4.90 Å². The normalized spacial score (nSPS) is 16.0. The van der Waals surface area contributed by atoms with Gasteiger partial charge in [-0.25, -0.2) is 4.98 Å². The quantitative estimate of drug-likeness (QED) is 0.920. The molecule has 2 heterocycles. The highest BCUT2D eigenvalue weighted by Crippen LogP contribution is 2.33. The number of anilines is 1. The van der Waals surface area contributed by atoms with Crippen LogP contribution in [0.2, 0.25) is 0 Å². The first kappa shape index (κ1) is 17.2. The van der Waals surface area contributed by atoms with Gasteiger partial charge in [0.2, 0.25) is 0 Å². The van der Waals surface area contributed by atoms with Crippen LogP contribution in [-0.4, -0.2) is 46.3 Å². The number of rotatable bonds is 3. The van der Waals surface area contributed by atoms with Crippen molar-refractivity contribution in [1.82, 2.24) is 20.1 Å². The summed E-state index contributed by atoms with van der Waals surface area (Å²) < 4.78 is 38.4. The number of aryl methyl sites for hydroxylation is 1. The van der Waals surface area contributed by atoms with Gasteiger partial charge in [-0.1, -0.05) is 0 Å². The Kier molecular flexibility index (Phi) is 4.63. The molecule has 1 aromatic heterocycles. The number of nitrogens with zero attached hydrogens (tertiary/aromatic N) is 5. The van der Waals surface area contributed by atoms with Gasteiger partial charge in [-0.15, -0.1) is 0 Å². The van der Waals surface area contributed by atoms with Crippen LogP contribution in [0.5, 0.6) is 0 Å². The van der Waals surface area contributed by atoms with E-state index in [1.165, 1.54) is 6.07 Å². The van der Waals surface area contributed by atoms with Crippen LogP contribution in [0.1, 0.15) is 22.8 Å². The molecule has 0 unspecified atom stereocenters. The third-order valence-electron chi connectivity index (χ3n) is 4.17. The van der Waals surface area contributed by atoms with Crippen molar-refractivity contribution in [3.8, 4) is 6.07 Å². The van der Waals surface area contributed by atoms with Gasteiger partial charge in [0.1, 0.15) is 11.9 Å². The van der Waals surface area contributed by atoms with Crippen LogP contribution >= 0.6 is 0 Å². The number of nitriles is 1. The van der Waals surface area contributed by atoms with Crippen LogP contribution in [0.3, 0.4) is 0 Å². The second-order valence-electron chi connectivity index (χ2n) is 5.94. The number of H-pyrrole nitrogens is 1. The van der Waals surface area contributed by atoms with Crippen molar-refractivity contribution in [2.75, 3.05) is 31.1 Å². The Hall–Kier alpha value is -2.60. The lowest BCUT2D eigenvalue weighted by atomic mass is 10.1. The molecule has 0 atom stereocenters. The van der Waals surface area contributed by atoms with Crippen molar-refractivity contribution in [2.45, 2.75) is 19.6 Å². The maximum Gasteiger partial charge on any atom is 0.416 e. The standard InChI is InChI=1S/C16H17F3N6/c1-11-21-15(23-22-11)10-24-4-6-25(7-5-24)14-3-2-13(16(17,18)19)8-12(14)9-20/h2-3,8H,4-7,10H2,1H3,(H,21,22,23). The highest BCUT2D eigenvalue weighted by Gasteiger charge is 2.31.